The minimum absolute atomic E-state index is 0.306. The third-order valence-corrected chi connectivity index (χ3v) is 3.65. The van der Waals surface area contributed by atoms with E-state index in [1.165, 1.54) is 0 Å². The van der Waals surface area contributed by atoms with Gasteiger partial charge in [-0.15, -0.1) is 0 Å². The molecule has 0 unspecified atom stereocenters. The second kappa shape index (κ2) is 6.02. The molecule has 0 spiro atoms. The van der Waals surface area contributed by atoms with Gasteiger partial charge in [0, 0.05) is 17.3 Å². The molecule has 2 aromatic carbocycles. The quantitative estimate of drug-likeness (QED) is 0.811. The van der Waals surface area contributed by atoms with Crippen LogP contribution in [0.4, 0.5) is 0 Å². The van der Waals surface area contributed by atoms with E-state index in [9.17, 15) is 4.79 Å². The summed E-state index contributed by atoms with van der Waals surface area (Å²) in [6.07, 6.45) is 1.86. The maximum Gasteiger partial charge on any atom is 0.338 e. The molecule has 22 heavy (non-hydrogen) atoms. The van der Waals surface area contributed by atoms with Gasteiger partial charge >= 0.3 is 5.97 Å². The zero-order valence-corrected chi connectivity index (χ0v) is 12.6. The Kier molecular flexibility index (Phi) is 3.92. The van der Waals surface area contributed by atoms with Crippen molar-refractivity contribution in [1.82, 2.24) is 0 Å². The van der Waals surface area contributed by atoms with E-state index < -0.39 is 0 Å². The first-order chi connectivity index (χ1) is 10.7. The molecule has 2 aromatic rings. The number of hydrogen-bond donors (Lipinski definition) is 0. The van der Waals surface area contributed by atoms with E-state index in [-0.39, 0.29) is 5.97 Å². The van der Waals surface area contributed by atoms with Crippen LogP contribution in [0, 0.1) is 0 Å². The minimum atomic E-state index is -0.306. The molecule has 0 radical (unpaired) electrons. The van der Waals surface area contributed by atoms with Crippen LogP contribution in [0.15, 0.2) is 41.4 Å². The van der Waals surface area contributed by atoms with Crippen molar-refractivity contribution >= 4 is 12.2 Å². The third kappa shape index (κ3) is 2.60. The van der Waals surface area contributed by atoms with Crippen molar-refractivity contribution in [3.05, 3.63) is 53.1 Å². The molecule has 0 aliphatic carbocycles. The molecule has 0 saturated heterocycles. The molecule has 0 bridgehead atoms. The fourth-order valence-electron chi connectivity index (χ4n) is 2.58. The van der Waals surface area contributed by atoms with Crippen LogP contribution in [0.5, 0.6) is 5.75 Å². The Balaban J connectivity index is 2.03. The molecule has 0 saturated carbocycles. The topological polar surface area (TPSA) is 47.9 Å². The average Bonchev–Trinajstić information content (AvgIpc) is 3.02. The summed E-state index contributed by atoms with van der Waals surface area (Å²) in [6, 6.07) is 11.5. The van der Waals surface area contributed by atoms with Crippen molar-refractivity contribution in [1.29, 1.82) is 0 Å². The number of fused-ring (bicyclic) bond motifs is 1. The summed E-state index contributed by atoms with van der Waals surface area (Å²) < 4.78 is 10.5. The SMILES string of the molecule is CCOC(=O)c1cccc(-c2cc3c(c(OC)c2)CN=C3)c1. The summed E-state index contributed by atoms with van der Waals surface area (Å²) in [5, 5.41) is 0. The van der Waals surface area contributed by atoms with Crippen molar-refractivity contribution in [3.63, 3.8) is 0 Å². The van der Waals surface area contributed by atoms with Gasteiger partial charge in [0.25, 0.3) is 0 Å². The lowest BCUT2D eigenvalue weighted by Crippen LogP contribution is -2.04. The van der Waals surface area contributed by atoms with Crippen molar-refractivity contribution in [2.45, 2.75) is 13.5 Å². The van der Waals surface area contributed by atoms with E-state index in [4.69, 9.17) is 9.47 Å². The van der Waals surface area contributed by atoms with Gasteiger partial charge in [-0.1, -0.05) is 12.1 Å². The number of hydrogen-bond acceptors (Lipinski definition) is 4. The molecule has 0 atom stereocenters. The molecule has 0 aromatic heterocycles. The van der Waals surface area contributed by atoms with Crippen LogP contribution in [0.25, 0.3) is 11.1 Å². The summed E-state index contributed by atoms with van der Waals surface area (Å²) in [4.78, 5) is 16.2. The lowest BCUT2D eigenvalue weighted by molar-refractivity contribution is 0.0526. The van der Waals surface area contributed by atoms with E-state index >= 15 is 0 Å². The largest absolute Gasteiger partial charge is 0.496 e. The van der Waals surface area contributed by atoms with E-state index in [0.29, 0.717) is 18.7 Å². The summed E-state index contributed by atoms with van der Waals surface area (Å²) in [5.74, 6) is 0.519. The van der Waals surface area contributed by atoms with E-state index in [1.807, 2.05) is 30.5 Å². The number of methoxy groups -OCH3 is 1. The summed E-state index contributed by atoms with van der Waals surface area (Å²) in [5.41, 5.74) is 4.67. The van der Waals surface area contributed by atoms with Gasteiger partial charge in [-0.25, -0.2) is 4.79 Å². The molecule has 0 amide bonds. The summed E-state index contributed by atoms with van der Waals surface area (Å²) >= 11 is 0. The molecule has 4 nitrogen and oxygen atoms in total. The van der Waals surface area contributed by atoms with Gasteiger partial charge in [-0.05, 0) is 42.3 Å². The molecule has 0 N–H and O–H groups in total. The first kappa shape index (κ1) is 14.3. The normalized spacial score (nSPS) is 12.1. The van der Waals surface area contributed by atoms with Crippen LogP contribution in [0.3, 0.4) is 0 Å². The Morgan fingerprint density at radius 1 is 1.23 bits per heavy atom. The van der Waals surface area contributed by atoms with Crippen LogP contribution in [0.1, 0.15) is 28.4 Å². The Morgan fingerprint density at radius 2 is 2.09 bits per heavy atom. The number of carbonyl (C=O) groups excluding carboxylic acids is 1. The monoisotopic (exact) mass is 295 g/mol. The fraction of sp³-hybridized carbons (Fsp3) is 0.222. The highest BCUT2D eigenvalue weighted by atomic mass is 16.5. The molecular formula is C18H17NO3. The van der Waals surface area contributed by atoms with Crippen LogP contribution < -0.4 is 4.74 Å². The fourth-order valence-corrected chi connectivity index (χ4v) is 2.58. The highest BCUT2D eigenvalue weighted by Gasteiger charge is 2.15. The Labute approximate surface area is 129 Å². The highest BCUT2D eigenvalue weighted by Crippen LogP contribution is 2.32. The molecule has 4 heteroatoms. The zero-order valence-electron chi connectivity index (χ0n) is 12.6. The van der Waals surface area contributed by atoms with Gasteiger partial charge in [0.15, 0.2) is 0 Å². The number of aliphatic imine (C=N–C) groups is 1. The summed E-state index contributed by atoms with van der Waals surface area (Å²) in [7, 11) is 1.66. The molecule has 0 fully saturated rings. The molecular weight excluding hydrogens is 278 g/mol. The first-order valence-electron chi connectivity index (χ1n) is 7.21. The smallest absolute Gasteiger partial charge is 0.338 e. The average molecular weight is 295 g/mol. The number of nitrogens with zero attached hydrogens (tertiary/aromatic N) is 1. The predicted molar refractivity (Wildman–Crippen MR) is 85.7 cm³/mol. The Hall–Kier alpha value is -2.62. The van der Waals surface area contributed by atoms with Crippen LogP contribution in [0.2, 0.25) is 0 Å². The molecule has 1 heterocycles. The second-order valence-corrected chi connectivity index (χ2v) is 5.02. The predicted octanol–water partition coefficient (Wildman–Crippen LogP) is 3.47. The van der Waals surface area contributed by atoms with E-state index in [0.717, 1.165) is 28.0 Å². The van der Waals surface area contributed by atoms with Gasteiger partial charge in [-0.2, -0.15) is 0 Å². The highest BCUT2D eigenvalue weighted by molar-refractivity contribution is 5.92. The second-order valence-electron chi connectivity index (χ2n) is 5.02. The maximum absolute atomic E-state index is 11.9. The lowest BCUT2D eigenvalue weighted by Gasteiger charge is -2.11. The lowest BCUT2D eigenvalue weighted by atomic mass is 9.98. The number of carbonyl (C=O) groups is 1. The molecule has 1 aliphatic rings. The van der Waals surface area contributed by atoms with Crippen molar-refractivity contribution in [2.24, 2.45) is 4.99 Å². The first-order valence-corrected chi connectivity index (χ1v) is 7.21. The number of ether oxygens (including phenoxy) is 2. The standard InChI is InChI=1S/C18H17NO3/c1-3-22-18(20)13-6-4-5-12(7-13)14-8-15-10-19-11-16(15)17(9-14)21-2/h4-10H,3,11H2,1-2H3. The van der Waals surface area contributed by atoms with Gasteiger partial charge in [0.1, 0.15) is 5.75 Å². The third-order valence-electron chi connectivity index (χ3n) is 3.65. The van der Waals surface area contributed by atoms with Crippen molar-refractivity contribution < 1.29 is 14.3 Å². The maximum atomic E-state index is 11.9. The van der Waals surface area contributed by atoms with Gasteiger partial charge in [-0.3, -0.25) is 4.99 Å². The Morgan fingerprint density at radius 3 is 2.86 bits per heavy atom. The number of rotatable bonds is 4. The molecule has 1 aliphatic heterocycles. The van der Waals surface area contributed by atoms with E-state index in [1.54, 1.807) is 20.1 Å². The minimum Gasteiger partial charge on any atom is -0.496 e. The van der Waals surface area contributed by atoms with Gasteiger partial charge in [0.2, 0.25) is 0 Å². The van der Waals surface area contributed by atoms with E-state index in [2.05, 4.69) is 11.1 Å². The molecule has 112 valence electrons. The Bertz CT molecular complexity index is 750. The van der Waals surface area contributed by atoms with Crippen molar-refractivity contribution in [3.8, 4) is 16.9 Å². The van der Waals surface area contributed by atoms with Gasteiger partial charge < -0.3 is 9.47 Å². The molecule has 3 rings (SSSR count). The van der Waals surface area contributed by atoms with Gasteiger partial charge in [0.05, 0.1) is 25.8 Å². The van der Waals surface area contributed by atoms with Crippen LogP contribution >= 0.6 is 0 Å². The van der Waals surface area contributed by atoms with Crippen molar-refractivity contribution in [2.75, 3.05) is 13.7 Å². The number of benzene rings is 2. The van der Waals surface area contributed by atoms with Crippen LogP contribution in [-0.4, -0.2) is 25.9 Å². The number of esters is 1. The summed E-state index contributed by atoms with van der Waals surface area (Å²) in [6.45, 7) is 2.82. The van der Waals surface area contributed by atoms with Crippen LogP contribution in [-0.2, 0) is 11.3 Å². The zero-order chi connectivity index (χ0) is 15.5.